The molecule has 0 aliphatic carbocycles. The van der Waals surface area contributed by atoms with Crippen molar-refractivity contribution in [2.75, 3.05) is 0 Å². The Morgan fingerprint density at radius 1 is 1.07 bits per heavy atom. The zero-order valence-electron chi connectivity index (χ0n) is 7.04. The van der Waals surface area contributed by atoms with E-state index in [1.54, 1.807) is 22.7 Å². The van der Waals surface area contributed by atoms with Crippen molar-refractivity contribution in [1.82, 2.24) is 0 Å². The van der Waals surface area contributed by atoms with Crippen LogP contribution >= 0.6 is 67.9 Å². The molecular formula is C10H6I2S2. The molecule has 0 aliphatic rings. The van der Waals surface area contributed by atoms with Gasteiger partial charge in [-0.25, -0.2) is 0 Å². The topological polar surface area (TPSA) is 0 Å². The van der Waals surface area contributed by atoms with Gasteiger partial charge in [0.1, 0.15) is 0 Å². The lowest BCUT2D eigenvalue weighted by Crippen LogP contribution is -1.69. The van der Waals surface area contributed by atoms with Crippen LogP contribution in [0.5, 0.6) is 0 Å². The molecule has 0 spiro atoms. The van der Waals surface area contributed by atoms with E-state index in [1.807, 2.05) is 0 Å². The molecule has 2 heterocycles. The second kappa shape index (κ2) is 5.09. The number of rotatable bonds is 2. The van der Waals surface area contributed by atoms with E-state index in [0.717, 1.165) is 0 Å². The molecule has 0 atom stereocenters. The van der Waals surface area contributed by atoms with E-state index in [-0.39, 0.29) is 0 Å². The van der Waals surface area contributed by atoms with E-state index in [2.05, 4.69) is 79.5 Å². The van der Waals surface area contributed by atoms with Crippen molar-refractivity contribution in [3.8, 4) is 0 Å². The average Bonchev–Trinajstić information content (AvgIpc) is 2.72. The van der Waals surface area contributed by atoms with Gasteiger partial charge in [-0.15, -0.1) is 11.3 Å². The number of hydrogen-bond donors (Lipinski definition) is 0. The van der Waals surface area contributed by atoms with Crippen molar-refractivity contribution in [2.24, 2.45) is 0 Å². The summed E-state index contributed by atoms with van der Waals surface area (Å²) in [6.07, 6.45) is 4.38. The molecule has 14 heavy (non-hydrogen) atoms. The Morgan fingerprint density at radius 2 is 1.93 bits per heavy atom. The maximum Gasteiger partial charge on any atom is 0.0404 e. The van der Waals surface area contributed by atoms with Gasteiger partial charge in [-0.05, 0) is 73.6 Å². The lowest BCUT2D eigenvalue weighted by molar-refractivity contribution is 1.78. The fourth-order valence-electron chi connectivity index (χ4n) is 1.00. The Balaban J connectivity index is 2.23. The summed E-state index contributed by atoms with van der Waals surface area (Å²) in [4.78, 5) is 1.34. The molecule has 0 unspecified atom stereocenters. The first kappa shape index (κ1) is 11.1. The average molecular weight is 444 g/mol. The second-order valence-corrected chi connectivity index (χ2v) is 6.66. The predicted molar refractivity (Wildman–Crippen MR) is 83.0 cm³/mol. The highest BCUT2D eigenvalue weighted by Gasteiger charge is 1.98. The van der Waals surface area contributed by atoms with Crippen LogP contribution in [-0.4, -0.2) is 0 Å². The molecule has 0 radical (unpaired) electrons. The molecule has 2 aromatic heterocycles. The Labute approximate surface area is 118 Å². The van der Waals surface area contributed by atoms with Crippen LogP contribution < -0.4 is 0 Å². The first-order chi connectivity index (χ1) is 6.77. The van der Waals surface area contributed by atoms with Gasteiger partial charge in [-0.2, -0.15) is 11.3 Å². The van der Waals surface area contributed by atoms with Crippen LogP contribution in [0.15, 0.2) is 22.2 Å². The highest BCUT2D eigenvalue weighted by atomic mass is 127. The zero-order valence-corrected chi connectivity index (χ0v) is 13.0. The third-order valence-electron chi connectivity index (χ3n) is 1.70. The minimum absolute atomic E-state index is 1.32. The maximum atomic E-state index is 2.37. The quantitative estimate of drug-likeness (QED) is 0.560. The van der Waals surface area contributed by atoms with E-state index >= 15 is 0 Å². The molecule has 0 saturated heterocycles. The van der Waals surface area contributed by atoms with Crippen molar-refractivity contribution in [3.63, 3.8) is 0 Å². The molecular weight excluding hydrogens is 438 g/mol. The molecule has 0 nitrogen and oxygen atoms in total. The van der Waals surface area contributed by atoms with E-state index in [9.17, 15) is 0 Å². The van der Waals surface area contributed by atoms with Gasteiger partial charge in [-0.1, -0.05) is 6.08 Å². The van der Waals surface area contributed by atoms with Crippen LogP contribution in [-0.2, 0) is 0 Å². The normalized spacial score (nSPS) is 11.3. The minimum atomic E-state index is 1.32. The van der Waals surface area contributed by atoms with Gasteiger partial charge in [0.05, 0.1) is 0 Å². The first-order valence-corrected chi connectivity index (χ1v) is 7.88. The fourth-order valence-corrected chi connectivity index (χ4v) is 4.33. The van der Waals surface area contributed by atoms with E-state index < -0.39 is 0 Å². The molecule has 0 aliphatic heterocycles. The number of halogens is 2. The lowest BCUT2D eigenvalue weighted by Gasteiger charge is -1.89. The van der Waals surface area contributed by atoms with Crippen molar-refractivity contribution in [2.45, 2.75) is 0 Å². The smallest absolute Gasteiger partial charge is 0.0404 e. The highest BCUT2D eigenvalue weighted by molar-refractivity contribution is 14.1. The van der Waals surface area contributed by atoms with Gasteiger partial charge in [0.15, 0.2) is 0 Å². The van der Waals surface area contributed by atoms with Crippen LogP contribution in [0, 0.1) is 7.14 Å². The Bertz CT molecular complexity index is 412. The van der Waals surface area contributed by atoms with Crippen molar-refractivity contribution in [1.29, 1.82) is 0 Å². The number of thiophene rings is 2. The van der Waals surface area contributed by atoms with Crippen LogP contribution in [0.3, 0.4) is 0 Å². The third-order valence-corrected chi connectivity index (χ3v) is 6.01. The SMILES string of the molecule is Ic1cscc1C=Cc1sccc1I. The monoisotopic (exact) mass is 444 g/mol. The van der Waals surface area contributed by atoms with E-state index in [0.29, 0.717) is 0 Å². The second-order valence-electron chi connectivity index (χ2n) is 2.64. The largest absolute Gasteiger partial charge is 0.151 e. The highest BCUT2D eigenvalue weighted by Crippen LogP contribution is 2.24. The van der Waals surface area contributed by atoms with Crippen molar-refractivity contribution < 1.29 is 0 Å². The first-order valence-electron chi connectivity index (χ1n) is 3.90. The van der Waals surface area contributed by atoms with Crippen LogP contribution in [0.25, 0.3) is 12.2 Å². The molecule has 4 heteroatoms. The molecule has 0 bridgehead atoms. The number of hydrogen-bond acceptors (Lipinski definition) is 2. The molecule has 0 saturated carbocycles. The van der Waals surface area contributed by atoms with Crippen LogP contribution in [0.4, 0.5) is 0 Å². The minimum Gasteiger partial charge on any atom is -0.151 e. The lowest BCUT2D eigenvalue weighted by atomic mass is 10.3. The van der Waals surface area contributed by atoms with Crippen LogP contribution in [0.2, 0.25) is 0 Å². The van der Waals surface area contributed by atoms with Crippen molar-refractivity contribution >= 4 is 80.0 Å². The summed E-state index contributed by atoms with van der Waals surface area (Å²) in [6.45, 7) is 0. The summed E-state index contributed by atoms with van der Waals surface area (Å²) in [5.41, 5.74) is 1.32. The summed E-state index contributed by atoms with van der Waals surface area (Å²) in [5, 5.41) is 6.47. The molecule has 0 N–H and O–H groups in total. The van der Waals surface area contributed by atoms with Gasteiger partial charge in [-0.3, -0.25) is 0 Å². The summed E-state index contributed by atoms with van der Waals surface area (Å²) < 4.78 is 2.66. The molecule has 0 aromatic carbocycles. The van der Waals surface area contributed by atoms with E-state index in [4.69, 9.17) is 0 Å². The van der Waals surface area contributed by atoms with Crippen molar-refractivity contribution in [3.05, 3.63) is 39.8 Å². The maximum absolute atomic E-state index is 2.37. The summed E-state index contributed by atoms with van der Waals surface area (Å²) in [6, 6.07) is 2.14. The molecule has 0 fully saturated rings. The standard InChI is InChI=1S/C10H6I2S2/c11-8-3-4-14-10(8)2-1-7-5-13-6-9(7)12/h1-6H. The van der Waals surface area contributed by atoms with Gasteiger partial charge in [0.25, 0.3) is 0 Å². The third kappa shape index (κ3) is 2.59. The Kier molecular flexibility index (Phi) is 4.03. The van der Waals surface area contributed by atoms with Gasteiger partial charge in [0.2, 0.25) is 0 Å². The summed E-state index contributed by atoms with van der Waals surface area (Å²) in [5.74, 6) is 0. The molecule has 0 amide bonds. The zero-order chi connectivity index (χ0) is 9.97. The van der Waals surface area contributed by atoms with Gasteiger partial charge >= 0.3 is 0 Å². The molecule has 2 rings (SSSR count). The van der Waals surface area contributed by atoms with E-state index in [1.165, 1.54) is 17.6 Å². The van der Waals surface area contributed by atoms with Gasteiger partial charge in [0, 0.05) is 17.4 Å². The van der Waals surface area contributed by atoms with Crippen LogP contribution in [0.1, 0.15) is 10.4 Å². The summed E-state index contributed by atoms with van der Waals surface area (Å²) in [7, 11) is 0. The summed E-state index contributed by atoms with van der Waals surface area (Å²) >= 11 is 8.27. The predicted octanol–water partition coefficient (Wildman–Crippen LogP) is 5.19. The molecule has 72 valence electrons. The Hall–Kier alpha value is 0.600. The Morgan fingerprint density at radius 3 is 2.50 bits per heavy atom. The van der Waals surface area contributed by atoms with Gasteiger partial charge < -0.3 is 0 Å². The fraction of sp³-hybridized carbons (Fsp3) is 0. The molecule has 2 aromatic rings.